The first kappa shape index (κ1) is 65.4. The average Bonchev–Trinajstić information content (AvgIpc) is 3.55. The molecule has 1 fully saturated rings. The Kier molecular flexibility index (Phi) is 37.8. The summed E-state index contributed by atoms with van der Waals surface area (Å²) in [5.74, 6) is -1.60. The first-order chi connectivity index (χ1) is 32.8. The number of rotatable bonds is 46. The van der Waals surface area contributed by atoms with Crippen molar-refractivity contribution >= 4 is 33.4 Å². The number of carbonyl (C=O) groups excluding carboxylic acids is 3. The summed E-state index contributed by atoms with van der Waals surface area (Å²) in [7, 11) is -9.81. The number of aliphatic hydroxyl groups excluding tert-OH is 4. The fraction of sp³-hybridized carbons (Fsp3) is 0.900. The number of phosphoric acid groups is 2. The average molecular weight is 1030 g/mol. The highest BCUT2D eigenvalue weighted by atomic mass is 31.2. The predicted molar refractivity (Wildman–Crippen MR) is 265 cm³/mol. The minimum atomic E-state index is -4.91. The number of ether oxygens (including phenoxy) is 2. The topological polar surface area (TPSA) is 273 Å². The number of phosphoric ester groups is 2. The number of carbonyl (C=O) groups is 3. The van der Waals surface area contributed by atoms with Crippen molar-refractivity contribution in [3.8, 4) is 0 Å². The van der Waals surface area contributed by atoms with Gasteiger partial charge in [-0.25, -0.2) is 9.13 Å². The maximum Gasteiger partial charge on any atom is 0.472 e. The standard InChI is InChI=1S/C50H94O17P2/c1-4-5-22-28-41(51)32-33-45-46(48(55)35-47(45)54)34-42(52)29-25-26-30-49(56)63-38-44(39-66-69(61,62)65-37-43(53)36-64-68(58,59)60)67-50(57)31-24-21-19-17-15-13-11-9-7-6-8-10-12-14-16-18-20-23-27-40(2)3/h32-33,40-41,43-48,51,53-55H,4-31,34-39H2,1-3H3,(H,61,62)(H2,58,59,60)/b33-32+/t41-,43-,44+,45+,46+,47+,48-/m0/s1. The first-order valence-corrected chi connectivity index (χ1v) is 29.4. The summed E-state index contributed by atoms with van der Waals surface area (Å²) in [5, 5.41) is 41.2. The third kappa shape index (κ3) is 37.8. The molecule has 7 N–H and O–H groups in total. The monoisotopic (exact) mass is 1030 g/mol. The van der Waals surface area contributed by atoms with E-state index in [1.54, 1.807) is 12.2 Å². The molecular weight excluding hydrogens is 934 g/mol. The number of hydrogen-bond donors (Lipinski definition) is 7. The fourth-order valence-electron chi connectivity index (χ4n) is 8.47. The molecule has 17 nitrogen and oxygen atoms in total. The van der Waals surface area contributed by atoms with Crippen molar-refractivity contribution in [1.29, 1.82) is 0 Å². The Bertz CT molecular complexity index is 1460. The lowest BCUT2D eigenvalue weighted by molar-refractivity contribution is -0.161. The van der Waals surface area contributed by atoms with Crippen LogP contribution in [-0.4, -0.2) is 110 Å². The number of hydrogen-bond acceptors (Lipinski definition) is 14. The van der Waals surface area contributed by atoms with E-state index in [9.17, 15) is 48.8 Å². The lowest BCUT2D eigenvalue weighted by Crippen LogP contribution is -2.30. The van der Waals surface area contributed by atoms with Crippen molar-refractivity contribution in [3.05, 3.63) is 12.2 Å². The minimum absolute atomic E-state index is 0.0362. The highest BCUT2D eigenvalue weighted by Crippen LogP contribution is 2.44. The molecule has 0 amide bonds. The van der Waals surface area contributed by atoms with E-state index in [1.165, 1.54) is 89.9 Å². The van der Waals surface area contributed by atoms with Gasteiger partial charge in [-0.15, -0.1) is 0 Å². The Morgan fingerprint density at radius 1 is 0.594 bits per heavy atom. The first-order valence-electron chi connectivity index (χ1n) is 26.4. The Hall–Kier alpha value is -1.59. The molecule has 1 aliphatic carbocycles. The summed E-state index contributed by atoms with van der Waals surface area (Å²) in [5.41, 5.74) is 0. The predicted octanol–water partition coefficient (Wildman–Crippen LogP) is 9.88. The summed E-state index contributed by atoms with van der Waals surface area (Å²) in [6.45, 7) is 3.62. The zero-order chi connectivity index (χ0) is 51.3. The van der Waals surface area contributed by atoms with Crippen LogP contribution in [-0.2, 0) is 46.6 Å². The highest BCUT2D eigenvalue weighted by molar-refractivity contribution is 7.47. The number of unbranched alkanes of at least 4 members (excludes halogenated alkanes) is 20. The normalized spacial score (nSPS) is 19.8. The molecule has 0 bridgehead atoms. The van der Waals surface area contributed by atoms with Crippen molar-refractivity contribution in [2.24, 2.45) is 17.8 Å². The van der Waals surface area contributed by atoms with E-state index in [0.29, 0.717) is 19.3 Å². The van der Waals surface area contributed by atoms with Crippen LogP contribution in [0.3, 0.4) is 0 Å². The largest absolute Gasteiger partial charge is 0.472 e. The van der Waals surface area contributed by atoms with E-state index in [2.05, 4.69) is 29.8 Å². The second-order valence-corrected chi connectivity index (χ2v) is 22.3. The van der Waals surface area contributed by atoms with Crippen molar-refractivity contribution < 1.29 is 81.7 Å². The van der Waals surface area contributed by atoms with Gasteiger partial charge in [-0.05, 0) is 31.6 Å². The molecule has 0 aromatic rings. The van der Waals surface area contributed by atoms with Crippen LogP contribution in [0, 0.1) is 17.8 Å². The molecule has 0 saturated heterocycles. The van der Waals surface area contributed by atoms with Gasteiger partial charge in [0.25, 0.3) is 0 Å². The van der Waals surface area contributed by atoms with E-state index in [0.717, 1.165) is 50.9 Å². The zero-order valence-corrected chi connectivity index (χ0v) is 44.2. The Morgan fingerprint density at radius 3 is 1.62 bits per heavy atom. The number of ketones is 1. The van der Waals surface area contributed by atoms with E-state index in [-0.39, 0.29) is 44.3 Å². The van der Waals surface area contributed by atoms with E-state index < -0.39 is 96.4 Å². The third-order valence-corrected chi connectivity index (χ3v) is 14.0. The minimum Gasteiger partial charge on any atom is -0.462 e. The van der Waals surface area contributed by atoms with Crippen LogP contribution in [0.5, 0.6) is 0 Å². The van der Waals surface area contributed by atoms with Gasteiger partial charge in [0.2, 0.25) is 0 Å². The summed E-state index contributed by atoms with van der Waals surface area (Å²) in [6, 6.07) is 0. The van der Waals surface area contributed by atoms with Crippen molar-refractivity contribution in [2.75, 3.05) is 26.4 Å². The number of aliphatic hydroxyl groups is 4. The van der Waals surface area contributed by atoms with Gasteiger partial charge in [0.15, 0.2) is 6.10 Å². The summed E-state index contributed by atoms with van der Waals surface area (Å²) >= 11 is 0. The highest BCUT2D eigenvalue weighted by Gasteiger charge is 2.41. The molecular formula is C50H94O17P2. The summed E-state index contributed by atoms with van der Waals surface area (Å²) in [6.07, 6.45) is 25.4. The van der Waals surface area contributed by atoms with Gasteiger partial charge in [0.1, 0.15) is 18.5 Å². The van der Waals surface area contributed by atoms with Gasteiger partial charge in [0.05, 0.1) is 38.1 Å². The van der Waals surface area contributed by atoms with Gasteiger partial charge >= 0.3 is 27.6 Å². The third-order valence-electron chi connectivity index (χ3n) is 12.6. The van der Waals surface area contributed by atoms with Crippen molar-refractivity contribution in [3.63, 3.8) is 0 Å². The smallest absolute Gasteiger partial charge is 0.462 e. The van der Waals surface area contributed by atoms with Crippen LogP contribution in [0.2, 0.25) is 0 Å². The van der Waals surface area contributed by atoms with Crippen molar-refractivity contribution in [1.82, 2.24) is 0 Å². The van der Waals surface area contributed by atoms with Crippen LogP contribution in [0.4, 0.5) is 0 Å². The van der Waals surface area contributed by atoms with Gasteiger partial charge in [-0.2, -0.15) is 0 Å². The van der Waals surface area contributed by atoms with Crippen molar-refractivity contribution in [2.45, 2.75) is 244 Å². The van der Waals surface area contributed by atoms with Gasteiger partial charge in [0, 0.05) is 43.9 Å². The number of esters is 2. The molecule has 0 aliphatic heterocycles. The number of Topliss-reactive ketones (excluding diaryl/α,β-unsaturated/α-hetero) is 1. The van der Waals surface area contributed by atoms with Gasteiger partial charge in [-0.1, -0.05) is 168 Å². The lowest BCUT2D eigenvalue weighted by Gasteiger charge is -2.21. The molecule has 0 heterocycles. The van der Waals surface area contributed by atoms with Crippen LogP contribution in [0.25, 0.3) is 0 Å². The lowest BCUT2D eigenvalue weighted by atomic mass is 9.87. The van der Waals surface area contributed by atoms with Gasteiger partial charge < -0.3 is 44.6 Å². The van der Waals surface area contributed by atoms with E-state index in [1.807, 2.05) is 0 Å². The SMILES string of the molecule is CCCCC[C@H](O)/C=C/[C@@H]1[C@@H](CC(=O)CCCCC(=O)OC[C@H](COP(=O)(O)OC[C@@H](O)COP(=O)(O)O)OC(=O)CCCCCCCCCCCCCCCCCCCCC(C)C)[C@@H](O)C[C@H]1O. The second kappa shape index (κ2) is 39.9. The fourth-order valence-corrected chi connectivity index (χ4v) is 9.63. The molecule has 406 valence electrons. The maximum atomic E-state index is 12.9. The molecule has 8 atom stereocenters. The van der Waals surface area contributed by atoms with Crippen LogP contribution in [0.15, 0.2) is 12.2 Å². The summed E-state index contributed by atoms with van der Waals surface area (Å²) in [4.78, 5) is 66.1. The molecule has 0 aromatic carbocycles. The molecule has 69 heavy (non-hydrogen) atoms. The maximum absolute atomic E-state index is 12.9. The molecule has 0 spiro atoms. The van der Waals surface area contributed by atoms with Gasteiger partial charge in [-0.3, -0.25) is 28.0 Å². The Balaban J connectivity index is 2.46. The molecule has 1 saturated carbocycles. The molecule has 1 aliphatic rings. The summed E-state index contributed by atoms with van der Waals surface area (Å²) < 4.78 is 47.9. The molecule has 0 aromatic heterocycles. The molecule has 1 unspecified atom stereocenters. The second-order valence-electron chi connectivity index (χ2n) is 19.6. The van der Waals surface area contributed by atoms with E-state index >= 15 is 0 Å². The van der Waals surface area contributed by atoms with Crippen LogP contribution < -0.4 is 0 Å². The Morgan fingerprint density at radius 2 is 1.07 bits per heavy atom. The van der Waals surface area contributed by atoms with Crippen LogP contribution >= 0.6 is 15.6 Å². The Labute approximate surface area is 414 Å². The molecule has 19 heteroatoms. The van der Waals surface area contributed by atoms with E-state index in [4.69, 9.17) is 23.8 Å². The molecule has 0 radical (unpaired) electrons. The zero-order valence-electron chi connectivity index (χ0n) is 42.4. The van der Waals surface area contributed by atoms with Crippen LogP contribution in [0.1, 0.15) is 213 Å². The quantitative estimate of drug-likeness (QED) is 0.0129. The molecule has 1 rings (SSSR count).